The van der Waals surface area contributed by atoms with Crippen LogP contribution < -0.4 is 4.90 Å². The van der Waals surface area contributed by atoms with Crippen LogP contribution in [0.1, 0.15) is 12.8 Å². The summed E-state index contributed by atoms with van der Waals surface area (Å²) in [6, 6.07) is 7.53. The van der Waals surface area contributed by atoms with Gasteiger partial charge in [-0.1, -0.05) is 0 Å². The van der Waals surface area contributed by atoms with Crippen LogP contribution in [0.25, 0.3) is 5.69 Å². The van der Waals surface area contributed by atoms with Gasteiger partial charge in [-0.05, 0) is 30.3 Å². The molecule has 1 saturated heterocycles. The molecule has 3 N–H and O–H groups in total. The van der Waals surface area contributed by atoms with Crippen molar-refractivity contribution in [1.82, 2.24) is 9.63 Å². The summed E-state index contributed by atoms with van der Waals surface area (Å²) in [5, 5.41) is 28.1. The fraction of sp³-hybridized carbons (Fsp3) is 0.286. The zero-order valence-corrected chi connectivity index (χ0v) is 17.9. The molecule has 2 heterocycles. The minimum Gasteiger partial charge on any atom is -0.481 e. The van der Waals surface area contributed by atoms with E-state index < -0.39 is 60.9 Å². The molecule has 2 amide bonds. The number of carbonyl (C=O) groups is 5. The lowest BCUT2D eigenvalue weighted by Gasteiger charge is -2.23. The van der Waals surface area contributed by atoms with E-state index >= 15 is 0 Å². The standard InChI is InChI=1S/C21H20FN3O10/c22-15-7-13(3-4-16(15)23-5-1-2-6-23)25-11-14(34-20(25)32)10-24(12-26)35-18(29)9-21(33,19(30)31)8-17(27)28/h1-7,12,14,33H,8-11H2,(H,27,28)(H,30,31)/t14-,21?/m1/s1. The molecule has 13 nitrogen and oxygen atoms in total. The third-order valence-corrected chi connectivity index (χ3v) is 5.00. The number of cyclic esters (lactones) is 1. The lowest BCUT2D eigenvalue weighted by atomic mass is 9.96. The molecule has 1 aliphatic rings. The molecule has 14 heteroatoms. The minimum atomic E-state index is -2.95. The number of rotatable bonds is 11. The van der Waals surface area contributed by atoms with Crippen LogP contribution in [-0.4, -0.2) is 80.2 Å². The third kappa shape index (κ3) is 5.92. The van der Waals surface area contributed by atoms with Crippen LogP contribution in [0.5, 0.6) is 0 Å². The summed E-state index contributed by atoms with van der Waals surface area (Å²) < 4.78 is 21.2. The Labute approximate surface area is 196 Å². The first-order valence-corrected chi connectivity index (χ1v) is 10.0. The molecule has 0 bridgehead atoms. The van der Waals surface area contributed by atoms with Crippen LogP contribution in [0.15, 0.2) is 42.7 Å². The number of benzene rings is 1. The average Bonchev–Trinajstić information content (AvgIpc) is 3.42. The first-order chi connectivity index (χ1) is 16.5. The molecular weight excluding hydrogens is 473 g/mol. The monoisotopic (exact) mass is 493 g/mol. The van der Waals surface area contributed by atoms with Crippen molar-refractivity contribution in [3.8, 4) is 5.69 Å². The molecule has 3 rings (SSSR count). The predicted octanol–water partition coefficient (Wildman–Crippen LogP) is 0.539. The van der Waals surface area contributed by atoms with Gasteiger partial charge in [0.2, 0.25) is 6.41 Å². The number of aromatic nitrogens is 1. The molecule has 2 aromatic rings. The Morgan fingerprint density at radius 1 is 1.23 bits per heavy atom. The number of aliphatic carboxylic acids is 2. The van der Waals surface area contributed by atoms with Gasteiger partial charge in [0.25, 0.3) is 0 Å². The number of halogens is 1. The van der Waals surface area contributed by atoms with Crippen molar-refractivity contribution in [3.63, 3.8) is 0 Å². The Morgan fingerprint density at radius 2 is 1.91 bits per heavy atom. The highest BCUT2D eigenvalue weighted by Gasteiger charge is 2.42. The van der Waals surface area contributed by atoms with E-state index in [1.54, 1.807) is 29.1 Å². The number of anilines is 1. The normalized spacial score (nSPS) is 16.8. The minimum absolute atomic E-state index is 0.0525. The molecule has 1 aliphatic heterocycles. The van der Waals surface area contributed by atoms with Crippen molar-refractivity contribution in [3.05, 3.63) is 48.5 Å². The summed E-state index contributed by atoms with van der Waals surface area (Å²) in [5.74, 6) is -5.66. The van der Waals surface area contributed by atoms with Gasteiger partial charge >= 0.3 is 24.0 Å². The molecule has 1 aromatic heterocycles. The average molecular weight is 493 g/mol. The molecular formula is C21H20FN3O10. The number of hydrogen-bond donors (Lipinski definition) is 3. The van der Waals surface area contributed by atoms with E-state index in [-0.39, 0.29) is 24.3 Å². The number of amides is 2. The summed E-state index contributed by atoms with van der Waals surface area (Å²) in [5.41, 5.74) is -2.52. The van der Waals surface area contributed by atoms with Crippen LogP contribution in [0.4, 0.5) is 14.9 Å². The maximum Gasteiger partial charge on any atom is 0.414 e. The Kier molecular flexibility index (Phi) is 7.34. The fourth-order valence-electron chi connectivity index (χ4n) is 3.36. The predicted molar refractivity (Wildman–Crippen MR) is 112 cm³/mol. The number of carboxylic acids is 2. The van der Waals surface area contributed by atoms with Gasteiger partial charge in [-0.25, -0.2) is 18.8 Å². The first-order valence-electron chi connectivity index (χ1n) is 10.0. The maximum absolute atomic E-state index is 14.6. The largest absolute Gasteiger partial charge is 0.481 e. The highest BCUT2D eigenvalue weighted by molar-refractivity contribution is 5.90. The van der Waals surface area contributed by atoms with E-state index in [0.29, 0.717) is 5.06 Å². The smallest absolute Gasteiger partial charge is 0.414 e. The van der Waals surface area contributed by atoms with Gasteiger partial charge in [-0.15, -0.1) is 0 Å². The molecule has 0 saturated carbocycles. The van der Waals surface area contributed by atoms with E-state index in [1.807, 2.05) is 0 Å². The maximum atomic E-state index is 14.6. The second kappa shape index (κ2) is 10.2. The topological polar surface area (TPSA) is 176 Å². The lowest BCUT2D eigenvalue weighted by molar-refractivity contribution is -0.200. The highest BCUT2D eigenvalue weighted by atomic mass is 19.1. The fourth-order valence-corrected chi connectivity index (χ4v) is 3.36. The molecule has 35 heavy (non-hydrogen) atoms. The van der Waals surface area contributed by atoms with E-state index in [4.69, 9.17) is 14.9 Å². The lowest BCUT2D eigenvalue weighted by Crippen LogP contribution is -2.44. The summed E-state index contributed by atoms with van der Waals surface area (Å²) >= 11 is 0. The second-order valence-corrected chi connectivity index (χ2v) is 7.59. The van der Waals surface area contributed by atoms with Crippen molar-refractivity contribution in [2.75, 3.05) is 18.0 Å². The van der Waals surface area contributed by atoms with Crippen molar-refractivity contribution in [2.45, 2.75) is 24.5 Å². The summed E-state index contributed by atoms with van der Waals surface area (Å²) in [6.45, 7) is -0.604. The van der Waals surface area contributed by atoms with E-state index in [0.717, 1.165) is 11.0 Å². The molecule has 1 aromatic carbocycles. The summed E-state index contributed by atoms with van der Waals surface area (Å²) in [7, 11) is 0. The van der Waals surface area contributed by atoms with Crippen molar-refractivity contribution < 1.29 is 53.3 Å². The van der Waals surface area contributed by atoms with Crippen molar-refractivity contribution >= 4 is 36.1 Å². The Morgan fingerprint density at radius 3 is 2.49 bits per heavy atom. The molecule has 0 aliphatic carbocycles. The van der Waals surface area contributed by atoms with Crippen LogP contribution in [0.2, 0.25) is 0 Å². The van der Waals surface area contributed by atoms with E-state index in [9.17, 15) is 33.5 Å². The van der Waals surface area contributed by atoms with Gasteiger partial charge in [-0.2, -0.15) is 5.06 Å². The quantitative estimate of drug-likeness (QED) is 0.296. The van der Waals surface area contributed by atoms with Gasteiger partial charge in [-0.3, -0.25) is 14.5 Å². The van der Waals surface area contributed by atoms with Gasteiger partial charge in [0.05, 0.1) is 37.3 Å². The molecule has 0 spiro atoms. The van der Waals surface area contributed by atoms with Gasteiger partial charge in [0, 0.05) is 12.4 Å². The second-order valence-electron chi connectivity index (χ2n) is 7.59. The zero-order chi connectivity index (χ0) is 25.8. The van der Waals surface area contributed by atoms with Crippen LogP contribution in [0, 0.1) is 5.82 Å². The number of hydroxylamine groups is 2. The molecule has 2 atom stereocenters. The van der Waals surface area contributed by atoms with Crippen LogP contribution in [0.3, 0.4) is 0 Å². The number of aliphatic hydroxyl groups is 1. The Hall–Kier alpha value is -4.46. The van der Waals surface area contributed by atoms with Gasteiger partial charge in [0.15, 0.2) is 5.60 Å². The first kappa shape index (κ1) is 25.2. The summed E-state index contributed by atoms with van der Waals surface area (Å²) in [6.07, 6.45) is -1.06. The van der Waals surface area contributed by atoms with Gasteiger partial charge < -0.3 is 29.5 Å². The zero-order valence-electron chi connectivity index (χ0n) is 17.9. The van der Waals surface area contributed by atoms with Crippen LogP contribution >= 0.6 is 0 Å². The van der Waals surface area contributed by atoms with E-state index in [1.165, 1.54) is 12.1 Å². The van der Waals surface area contributed by atoms with Crippen LogP contribution in [-0.2, 0) is 28.8 Å². The van der Waals surface area contributed by atoms with Crippen molar-refractivity contribution in [1.29, 1.82) is 0 Å². The number of carbonyl (C=O) groups excluding carboxylic acids is 3. The number of ether oxygens (including phenoxy) is 1. The Bertz CT molecular complexity index is 1140. The molecule has 0 radical (unpaired) electrons. The number of carboxylic acid groups (broad SMARTS) is 2. The SMILES string of the molecule is O=CN(C[C@@H]1CN(c2ccc(-n3cccc3)c(F)c2)C(=O)O1)OC(=O)CC(O)(CC(=O)O)C(=O)O. The number of hydrogen-bond acceptors (Lipinski definition) is 8. The highest BCUT2D eigenvalue weighted by Crippen LogP contribution is 2.26. The Balaban J connectivity index is 1.62. The summed E-state index contributed by atoms with van der Waals surface area (Å²) in [4.78, 5) is 63.3. The van der Waals surface area contributed by atoms with Gasteiger partial charge in [0.1, 0.15) is 11.9 Å². The van der Waals surface area contributed by atoms with E-state index in [2.05, 4.69) is 4.84 Å². The molecule has 1 fully saturated rings. The van der Waals surface area contributed by atoms with Crippen molar-refractivity contribution in [2.24, 2.45) is 0 Å². The molecule has 1 unspecified atom stereocenters. The number of nitrogens with zero attached hydrogens (tertiary/aromatic N) is 3. The molecule has 186 valence electrons. The third-order valence-electron chi connectivity index (χ3n) is 5.00.